The Morgan fingerprint density at radius 1 is 1.35 bits per heavy atom. The highest BCUT2D eigenvalue weighted by atomic mass is 32.1. The van der Waals surface area contributed by atoms with E-state index in [1.54, 1.807) is 0 Å². The lowest BCUT2D eigenvalue weighted by atomic mass is 10.0. The number of aliphatic hydroxyl groups excluding tert-OH is 1. The Hall–Kier alpha value is -1.34. The number of nitrogens with two attached hydrogens (primary N) is 1. The molecule has 20 heavy (non-hydrogen) atoms. The molecule has 0 bridgehead atoms. The van der Waals surface area contributed by atoms with Crippen molar-refractivity contribution in [2.45, 2.75) is 52.1 Å². The maximum Gasteiger partial charge on any atom is 0.265 e. The van der Waals surface area contributed by atoms with Crippen LogP contribution in [0.3, 0.4) is 0 Å². The van der Waals surface area contributed by atoms with E-state index in [0.717, 1.165) is 0 Å². The summed E-state index contributed by atoms with van der Waals surface area (Å²) in [5, 5.41) is 15.6. The molecule has 0 aliphatic rings. The standard InChI is InChI=1S/C13H24N4O2S/c1-12(2,3)17-11-15-9(14)8(20-11)10(19)16-13(4,5)6-7-18/h18H,6-7,14H2,1-5H3,(H,15,17)(H,16,19). The smallest absolute Gasteiger partial charge is 0.265 e. The highest BCUT2D eigenvalue weighted by Crippen LogP contribution is 2.27. The third-order valence-electron chi connectivity index (χ3n) is 2.53. The van der Waals surface area contributed by atoms with E-state index in [-0.39, 0.29) is 23.9 Å². The summed E-state index contributed by atoms with van der Waals surface area (Å²) < 4.78 is 0. The molecule has 1 heterocycles. The van der Waals surface area contributed by atoms with E-state index in [1.807, 2.05) is 34.6 Å². The Labute approximate surface area is 123 Å². The van der Waals surface area contributed by atoms with E-state index in [1.165, 1.54) is 11.3 Å². The summed E-state index contributed by atoms with van der Waals surface area (Å²) in [6.07, 6.45) is 0.477. The monoisotopic (exact) mass is 300 g/mol. The first-order valence-corrected chi connectivity index (χ1v) is 7.33. The number of aliphatic hydroxyl groups is 1. The second-order valence-corrected chi connectivity index (χ2v) is 7.42. The van der Waals surface area contributed by atoms with E-state index < -0.39 is 5.54 Å². The molecule has 0 fully saturated rings. The quantitative estimate of drug-likeness (QED) is 0.664. The summed E-state index contributed by atoms with van der Waals surface area (Å²) in [5.41, 5.74) is 5.17. The number of nitrogens with zero attached hydrogens (tertiary/aromatic N) is 1. The molecule has 0 saturated heterocycles. The van der Waals surface area contributed by atoms with Gasteiger partial charge in [-0.15, -0.1) is 0 Å². The van der Waals surface area contributed by atoms with E-state index >= 15 is 0 Å². The van der Waals surface area contributed by atoms with Gasteiger partial charge in [0.15, 0.2) is 5.13 Å². The van der Waals surface area contributed by atoms with Gasteiger partial charge in [0, 0.05) is 17.7 Å². The van der Waals surface area contributed by atoms with Gasteiger partial charge in [0.25, 0.3) is 5.91 Å². The normalized spacial score (nSPS) is 12.3. The van der Waals surface area contributed by atoms with Gasteiger partial charge in [0.05, 0.1) is 0 Å². The first-order valence-electron chi connectivity index (χ1n) is 6.52. The van der Waals surface area contributed by atoms with Crippen molar-refractivity contribution < 1.29 is 9.90 Å². The first kappa shape index (κ1) is 16.7. The van der Waals surface area contributed by atoms with Crippen molar-refractivity contribution in [1.29, 1.82) is 0 Å². The maximum absolute atomic E-state index is 12.2. The Morgan fingerprint density at radius 2 is 1.95 bits per heavy atom. The Bertz CT molecular complexity index is 477. The van der Waals surface area contributed by atoms with Crippen LogP contribution in [0.5, 0.6) is 0 Å². The fourth-order valence-electron chi connectivity index (χ4n) is 1.58. The van der Waals surface area contributed by atoms with Gasteiger partial charge in [0.2, 0.25) is 0 Å². The number of aromatic nitrogens is 1. The lowest BCUT2D eigenvalue weighted by Crippen LogP contribution is -2.43. The Kier molecular flexibility index (Phi) is 4.99. The van der Waals surface area contributed by atoms with Gasteiger partial charge in [-0.2, -0.15) is 0 Å². The molecule has 7 heteroatoms. The molecule has 0 atom stereocenters. The van der Waals surface area contributed by atoms with Crippen molar-refractivity contribution in [2.75, 3.05) is 17.7 Å². The minimum absolute atomic E-state index is 0.0162. The number of thiazole rings is 1. The number of anilines is 2. The molecule has 0 radical (unpaired) electrons. The first-order chi connectivity index (χ1) is 9.04. The summed E-state index contributed by atoms with van der Waals surface area (Å²) in [6, 6.07) is 0. The van der Waals surface area contributed by atoms with Crippen molar-refractivity contribution in [3.63, 3.8) is 0 Å². The zero-order valence-electron chi connectivity index (χ0n) is 12.7. The van der Waals surface area contributed by atoms with Crippen molar-refractivity contribution in [2.24, 2.45) is 0 Å². The van der Waals surface area contributed by atoms with Gasteiger partial charge in [-0.1, -0.05) is 11.3 Å². The lowest BCUT2D eigenvalue weighted by molar-refractivity contribution is 0.0904. The van der Waals surface area contributed by atoms with Crippen molar-refractivity contribution in [3.8, 4) is 0 Å². The molecule has 6 nitrogen and oxygen atoms in total. The molecule has 1 aromatic rings. The van der Waals surface area contributed by atoms with Crippen LogP contribution in [-0.4, -0.2) is 33.7 Å². The molecule has 0 unspecified atom stereocenters. The lowest BCUT2D eigenvalue weighted by Gasteiger charge is -2.24. The van der Waals surface area contributed by atoms with Crippen LogP contribution in [0.25, 0.3) is 0 Å². The number of amides is 1. The summed E-state index contributed by atoms with van der Waals surface area (Å²) in [6.45, 7) is 9.75. The van der Waals surface area contributed by atoms with Gasteiger partial charge in [-0.3, -0.25) is 4.79 Å². The summed E-state index contributed by atoms with van der Waals surface area (Å²) in [5.74, 6) is -0.0422. The Balaban J connectivity index is 2.84. The second kappa shape index (κ2) is 5.97. The number of carbonyl (C=O) groups excluding carboxylic acids is 1. The summed E-state index contributed by atoms with van der Waals surface area (Å²) in [7, 11) is 0. The number of carbonyl (C=O) groups is 1. The number of hydrogen-bond donors (Lipinski definition) is 4. The second-order valence-electron chi connectivity index (χ2n) is 6.42. The minimum Gasteiger partial charge on any atom is -0.396 e. The number of nitrogens with one attached hydrogen (secondary N) is 2. The molecule has 0 aromatic carbocycles. The Morgan fingerprint density at radius 3 is 2.45 bits per heavy atom. The van der Waals surface area contributed by atoms with Crippen LogP contribution in [0.2, 0.25) is 0 Å². The van der Waals surface area contributed by atoms with Gasteiger partial charge >= 0.3 is 0 Å². The van der Waals surface area contributed by atoms with Gasteiger partial charge in [-0.05, 0) is 41.0 Å². The van der Waals surface area contributed by atoms with E-state index in [2.05, 4.69) is 15.6 Å². The van der Waals surface area contributed by atoms with E-state index in [0.29, 0.717) is 16.4 Å². The predicted molar refractivity (Wildman–Crippen MR) is 83.2 cm³/mol. The third-order valence-corrected chi connectivity index (χ3v) is 3.52. The number of hydrogen-bond acceptors (Lipinski definition) is 6. The topological polar surface area (TPSA) is 100 Å². The minimum atomic E-state index is -0.486. The van der Waals surface area contributed by atoms with Crippen LogP contribution < -0.4 is 16.4 Å². The van der Waals surface area contributed by atoms with Crippen LogP contribution in [0.4, 0.5) is 10.9 Å². The van der Waals surface area contributed by atoms with Crippen LogP contribution in [0.1, 0.15) is 50.7 Å². The van der Waals surface area contributed by atoms with Crippen molar-refractivity contribution in [3.05, 3.63) is 4.88 Å². The highest BCUT2D eigenvalue weighted by molar-refractivity contribution is 7.18. The molecule has 1 rings (SSSR count). The fourth-order valence-corrected chi connectivity index (χ4v) is 2.56. The average Bonchev–Trinajstić information content (AvgIpc) is 2.55. The summed E-state index contributed by atoms with van der Waals surface area (Å²) in [4.78, 5) is 16.8. The molecular formula is C13H24N4O2S. The fraction of sp³-hybridized carbons (Fsp3) is 0.692. The van der Waals surface area contributed by atoms with Gasteiger partial charge in [0.1, 0.15) is 10.7 Å². The van der Waals surface area contributed by atoms with Crippen LogP contribution >= 0.6 is 11.3 Å². The molecular weight excluding hydrogens is 276 g/mol. The molecule has 0 saturated carbocycles. The van der Waals surface area contributed by atoms with Gasteiger partial charge < -0.3 is 21.5 Å². The van der Waals surface area contributed by atoms with Crippen molar-refractivity contribution >= 4 is 28.2 Å². The van der Waals surface area contributed by atoms with E-state index in [4.69, 9.17) is 10.8 Å². The molecule has 0 spiro atoms. The largest absolute Gasteiger partial charge is 0.396 e. The molecule has 0 aliphatic carbocycles. The maximum atomic E-state index is 12.2. The number of rotatable bonds is 5. The number of nitrogen functional groups attached to an aromatic ring is 1. The molecule has 1 amide bonds. The van der Waals surface area contributed by atoms with E-state index in [9.17, 15) is 4.79 Å². The van der Waals surface area contributed by atoms with Gasteiger partial charge in [-0.25, -0.2) is 4.98 Å². The molecule has 5 N–H and O–H groups in total. The van der Waals surface area contributed by atoms with Crippen LogP contribution in [0.15, 0.2) is 0 Å². The summed E-state index contributed by atoms with van der Waals surface area (Å²) >= 11 is 1.23. The predicted octanol–water partition coefficient (Wildman–Crippen LogP) is 1.83. The highest BCUT2D eigenvalue weighted by Gasteiger charge is 2.24. The molecule has 114 valence electrons. The average molecular weight is 300 g/mol. The SMILES string of the molecule is CC(C)(C)Nc1nc(N)c(C(=O)NC(C)(C)CCO)s1. The zero-order chi connectivity index (χ0) is 15.6. The van der Waals surface area contributed by atoms with Crippen molar-refractivity contribution in [1.82, 2.24) is 10.3 Å². The van der Waals surface area contributed by atoms with Crippen LogP contribution in [-0.2, 0) is 0 Å². The molecule has 0 aliphatic heterocycles. The zero-order valence-corrected chi connectivity index (χ0v) is 13.5. The molecule has 1 aromatic heterocycles. The van der Waals surface area contributed by atoms with Crippen LogP contribution in [0, 0.1) is 0 Å². The third kappa shape index (κ3) is 4.97.